The molecular weight excluding hydrogens is 402 g/mol. The summed E-state index contributed by atoms with van der Waals surface area (Å²) in [6.45, 7) is 6.23. The molecule has 0 aromatic carbocycles. The average Bonchev–Trinajstić information content (AvgIpc) is 3.33. The Hall–Kier alpha value is -1.34. The minimum absolute atomic E-state index is 0.00833. The number of fused-ring (bicyclic) bond motifs is 3. The van der Waals surface area contributed by atoms with Crippen LogP contribution in [0.1, 0.15) is 75.8 Å². The van der Waals surface area contributed by atoms with Crippen LogP contribution in [0.5, 0.6) is 0 Å². The number of thiophene rings is 1. The summed E-state index contributed by atoms with van der Waals surface area (Å²) in [6.07, 6.45) is 8.81. The number of aromatic nitrogens is 2. The Balaban J connectivity index is 1.67. The van der Waals surface area contributed by atoms with Crippen LogP contribution in [0.3, 0.4) is 0 Å². The molecule has 2 aliphatic rings. The van der Waals surface area contributed by atoms with E-state index in [9.17, 15) is 9.59 Å². The summed E-state index contributed by atoms with van der Waals surface area (Å²) in [4.78, 5) is 33.2. The number of amides is 1. The number of hydrogen-bond donors (Lipinski definition) is 1. The van der Waals surface area contributed by atoms with Crippen LogP contribution in [0.4, 0.5) is 0 Å². The van der Waals surface area contributed by atoms with Crippen LogP contribution < -0.4 is 10.9 Å². The molecule has 2 aliphatic carbocycles. The molecule has 29 heavy (non-hydrogen) atoms. The zero-order valence-corrected chi connectivity index (χ0v) is 19.3. The van der Waals surface area contributed by atoms with E-state index in [-0.39, 0.29) is 23.6 Å². The van der Waals surface area contributed by atoms with Crippen molar-refractivity contribution in [2.45, 2.75) is 89.4 Å². The van der Waals surface area contributed by atoms with Gasteiger partial charge in [0.15, 0.2) is 5.16 Å². The third-order valence-electron chi connectivity index (χ3n) is 6.40. The van der Waals surface area contributed by atoms with Crippen molar-refractivity contribution >= 4 is 39.2 Å². The van der Waals surface area contributed by atoms with Gasteiger partial charge in [0.05, 0.1) is 11.1 Å². The topological polar surface area (TPSA) is 64.0 Å². The quantitative estimate of drug-likeness (QED) is 0.529. The van der Waals surface area contributed by atoms with Gasteiger partial charge in [-0.3, -0.25) is 14.2 Å². The summed E-state index contributed by atoms with van der Waals surface area (Å²) in [7, 11) is 0. The fourth-order valence-electron chi connectivity index (χ4n) is 4.38. The van der Waals surface area contributed by atoms with E-state index in [1.54, 1.807) is 11.3 Å². The normalized spacial score (nSPS) is 18.3. The zero-order valence-electron chi connectivity index (χ0n) is 17.6. The van der Waals surface area contributed by atoms with Gasteiger partial charge < -0.3 is 5.32 Å². The third-order valence-corrected chi connectivity index (χ3v) is 8.54. The lowest BCUT2D eigenvalue weighted by atomic mass is 9.97. The molecular formula is C22H31N3O2S2. The second kappa shape index (κ2) is 8.80. The average molecular weight is 434 g/mol. The Morgan fingerprint density at radius 3 is 2.66 bits per heavy atom. The van der Waals surface area contributed by atoms with E-state index in [0.29, 0.717) is 11.7 Å². The van der Waals surface area contributed by atoms with Gasteiger partial charge in [-0.1, -0.05) is 38.5 Å². The second-order valence-corrected chi connectivity index (χ2v) is 10.8. The summed E-state index contributed by atoms with van der Waals surface area (Å²) in [5.41, 5.74) is 1.38. The predicted molar refractivity (Wildman–Crippen MR) is 121 cm³/mol. The number of rotatable bonds is 6. The molecule has 1 saturated carbocycles. The second-order valence-electron chi connectivity index (χ2n) is 8.79. The number of nitrogens with zero attached hydrogens (tertiary/aromatic N) is 2. The highest BCUT2D eigenvalue weighted by Gasteiger charge is 2.27. The summed E-state index contributed by atoms with van der Waals surface area (Å²) in [6, 6.07) is 0.360. The van der Waals surface area contributed by atoms with Crippen LogP contribution in [0.15, 0.2) is 9.95 Å². The molecule has 5 nitrogen and oxygen atoms in total. The van der Waals surface area contributed by atoms with E-state index in [0.717, 1.165) is 60.3 Å². The van der Waals surface area contributed by atoms with Gasteiger partial charge in [-0.25, -0.2) is 4.98 Å². The van der Waals surface area contributed by atoms with Crippen molar-refractivity contribution in [3.05, 3.63) is 20.8 Å². The Morgan fingerprint density at radius 2 is 1.93 bits per heavy atom. The van der Waals surface area contributed by atoms with Gasteiger partial charge >= 0.3 is 0 Å². The van der Waals surface area contributed by atoms with E-state index in [1.807, 2.05) is 11.5 Å². The summed E-state index contributed by atoms with van der Waals surface area (Å²) < 4.78 is 1.93. The lowest BCUT2D eigenvalue weighted by Crippen LogP contribution is -2.37. The molecule has 2 heterocycles. The van der Waals surface area contributed by atoms with Crippen molar-refractivity contribution in [1.82, 2.24) is 14.9 Å². The highest BCUT2D eigenvalue weighted by molar-refractivity contribution is 7.99. The number of thioether (sulfide) groups is 1. The molecule has 0 spiro atoms. The van der Waals surface area contributed by atoms with Gasteiger partial charge in [-0.15, -0.1) is 11.3 Å². The molecule has 158 valence electrons. The highest BCUT2D eigenvalue weighted by Crippen LogP contribution is 2.37. The van der Waals surface area contributed by atoms with E-state index >= 15 is 0 Å². The number of carbonyl (C=O) groups is 1. The first kappa shape index (κ1) is 20.9. The van der Waals surface area contributed by atoms with Crippen LogP contribution in [-0.4, -0.2) is 27.3 Å². The monoisotopic (exact) mass is 433 g/mol. The standard InChI is InChI=1S/C22H31N3O2S2/c1-13(2)14(3)23-18(26)12-28-22-24-20-19(16-10-6-7-11-17(16)29-20)21(27)25(22)15-8-4-5-9-15/h13-15H,4-12H2,1-3H3,(H,23,26). The van der Waals surface area contributed by atoms with Crippen LogP contribution in [0.25, 0.3) is 10.2 Å². The Labute approximate surface area is 180 Å². The smallest absolute Gasteiger partial charge is 0.263 e. The van der Waals surface area contributed by atoms with E-state index in [4.69, 9.17) is 4.98 Å². The molecule has 0 bridgehead atoms. The molecule has 4 rings (SSSR count). The fourth-order valence-corrected chi connectivity index (χ4v) is 6.56. The van der Waals surface area contributed by atoms with Crippen LogP contribution in [0, 0.1) is 5.92 Å². The SMILES string of the molecule is CC(C)C(C)NC(=O)CSc1nc2sc3c(c2c(=O)n1C1CCCC1)CCCC3. The fraction of sp³-hybridized carbons (Fsp3) is 0.682. The van der Waals surface area contributed by atoms with Gasteiger partial charge in [0, 0.05) is 17.0 Å². The lowest BCUT2D eigenvalue weighted by Gasteiger charge is -2.19. The van der Waals surface area contributed by atoms with Crippen molar-refractivity contribution in [2.24, 2.45) is 5.92 Å². The van der Waals surface area contributed by atoms with Gasteiger partial charge in [0.1, 0.15) is 4.83 Å². The number of hydrogen-bond acceptors (Lipinski definition) is 5. The first-order valence-electron chi connectivity index (χ1n) is 10.9. The molecule has 0 aliphatic heterocycles. The number of nitrogens with one attached hydrogen (secondary N) is 1. The largest absolute Gasteiger partial charge is 0.353 e. The molecule has 1 fully saturated rings. The van der Waals surface area contributed by atoms with Crippen molar-refractivity contribution in [3.63, 3.8) is 0 Å². The minimum Gasteiger partial charge on any atom is -0.353 e. The molecule has 0 saturated heterocycles. The maximum atomic E-state index is 13.6. The summed E-state index contributed by atoms with van der Waals surface area (Å²) in [5.74, 6) is 0.703. The first-order valence-corrected chi connectivity index (χ1v) is 12.7. The van der Waals surface area contributed by atoms with E-state index in [1.165, 1.54) is 28.6 Å². The Morgan fingerprint density at radius 1 is 1.21 bits per heavy atom. The zero-order chi connectivity index (χ0) is 20.5. The van der Waals surface area contributed by atoms with Crippen molar-refractivity contribution < 1.29 is 4.79 Å². The molecule has 1 amide bonds. The summed E-state index contributed by atoms with van der Waals surface area (Å²) in [5, 5.41) is 4.64. The summed E-state index contributed by atoms with van der Waals surface area (Å²) >= 11 is 3.11. The third kappa shape index (κ3) is 4.26. The van der Waals surface area contributed by atoms with Crippen molar-refractivity contribution in [3.8, 4) is 0 Å². The number of carbonyl (C=O) groups excluding carboxylic acids is 1. The highest BCUT2D eigenvalue weighted by atomic mass is 32.2. The molecule has 2 aromatic heterocycles. The molecule has 1 N–H and O–H groups in total. The van der Waals surface area contributed by atoms with Crippen LogP contribution >= 0.6 is 23.1 Å². The van der Waals surface area contributed by atoms with E-state index < -0.39 is 0 Å². The van der Waals surface area contributed by atoms with Crippen molar-refractivity contribution in [1.29, 1.82) is 0 Å². The minimum atomic E-state index is 0.00833. The lowest BCUT2D eigenvalue weighted by molar-refractivity contribution is -0.119. The Bertz CT molecular complexity index is 957. The Kier molecular flexibility index (Phi) is 6.35. The molecule has 0 radical (unpaired) electrons. The van der Waals surface area contributed by atoms with Gasteiger partial charge in [0.2, 0.25) is 5.91 Å². The van der Waals surface area contributed by atoms with Gasteiger partial charge in [-0.2, -0.15) is 0 Å². The first-order chi connectivity index (χ1) is 14.0. The number of aryl methyl sites for hydroxylation is 2. The van der Waals surface area contributed by atoms with Crippen LogP contribution in [-0.2, 0) is 17.6 Å². The molecule has 7 heteroatoms. The molecule has 1 atom stereocenters. The van der Waals surface area contributed by atoms with Gasteiger partial charge in [0.25, 0.3) is 5.56 Å². The molecule has 1 unspecified atom stereocenters. The molecule has 2 aromatic rings. The van der Waals surface area contributed by atoms with Gasteiger partial charge in [-0.05, 0) is 56.9 Å². The maximum absolute atomic E-state index is 13.6. The van der Waals surface area contributed by atoms with E-state index in [2.05, 4.69) is 19.2 Å². The van der Waals surface area contributed by atoms with Crippen molar-refractivity contribution in [2.75, 3.05) is 5.75 Å². The van der Waals surface area contributed by atoms with Crippen LogP contribution in [0.2, 0.25) is 0 Å². The maximum Gasteiger partial charge on any atom is 0.263 e. The predicted octanol–water partition coefficient (Wildman–Crippen LogP) is 4.70.